The van der Waals surface area contributed by atoms with Gasteiger partial charge in [0, 0.05) is 19.2 Å². The highest BCUT2D eigenvalue weighted by atomic mass is 32.2. The van der Waals surface area contributed by atoms with E-state index in [4.69, 9.17) is 9.52 Å². The summed E-state index contributed by atoms with van der Waals surface area (Å²) in [5, 5.41) is 8.99. The molecule has 1 aliphatic rings. The van der Waals surface area contributed by atoms with E-state index in [2.05, 4.69) is 16.7 Å². The Morgan fingerprint density at radius 3 is 2.90 bits per heavy atom. The summed E-state index contributed by atoms with van der Waals surface area (Å²) in [6.45, 7) is 3.70. The molecule has 6 nitrogen and oxygen atoms in total. The number of aliphatic hydroxyl groups excluding tert-OH is 1. The largest absolute Gasteiger partial charge is 0.462 e. The number of nitrogens with zero attached hydrogens (tertiary/aromatic N) is 1. The lowest BCUT2D eigenvalue weighted by molar-refractivity contribution is 0.211. The Labute approximate surface area is 119 Å². The van der Waals surface area contributed by atoms with Gasteiger partial charge in [-0.25, -0.2) is 13.1 Å². The highest BCUT2D eigenvalue weighted by Crippen LogP contribution is 2.21. The molecule has 1 aromatic rings. The van der Waals surface area contributed by atoms with E-state index in [0.717, 1.165) is 25.9 Å². The molecule has 1 unspecified atom stereocenters. The molecule has 2 N–H and O–H groups in total. The third-order valence-electron chi connectivity index (χ3n) is 3.65. The zero-order valence-corrected chi connectivity index (χ0v) is 12.7. The predicted molar refractivity (Wildman–Crippen MR) is 74.8 cm³/mol. The summed E-state index contributed by atoms with van der Waals surface area (Å²) < 4.78 is 32.3. The van der Waals surface area contributed by atoms with Crippen molar-refractivity contribution in [3.8, 4) is 0 Å². The predicted octanol–water partition coefficient (Wildman–Crippen LogP) is 0.700. The van der Waals surface area contributed by atoms with Crippen molar-refractivity contribution in [1.82, 2.24) is 9.62 Å². The van der Waals surface area contributed by atoms with Crippen molar-refractivity contribution >= 4 is 10.0 Å². The number of aryl methyl sites for hydroxylation is 1. The number of rotatable bonds is 5. The summed E-state index contributed by atoms with van der Waals surface area (Å²) >= 11 is 0. The Balaban J connectivity index is 2.01. The maximum atomic E-state index is 12.2. The molecule has 2 heterocycles. The molecule has 2 rings (SSSR count). The number of sulfonamides is 1. The molecule has 0 bridgehead atoms. The van der Waals surface area contributed by atoms with Crippen LogP contribution in [0.3, 0.4) is 0 Å². The van der Waals surface area contributed by atoms with Gasteiger partial charge in [0.15, 0.2) is 0 Å². The van der Waals surface area contributed by atoms with Gasteiger partial charge in [-0.05, 0) is 39.3 Å². The average molecular weight is 302 g/mol. The Morgan fingerprint density at radius 1 is 1.55 bits per heavy atom. The van der Waals surface area contributed by atoms with Gasteiger partial charge < -0.3 is 14.4 Å². The number of hydrogen-bond acceptors (Lipinski definition) is 5. The van der Waals surface area contributed by atoms with Gasteiger partial charge in [0.1, 0.15) is 23.0 Å². The van der Waals surface area contributed by atoms with Gasteiger partial charge in [0.2, 0.25) is 10.0 Å². The van der Waals surface area contributed by atoms with Gasteiger partial charge in [0.05, 0.1) is 0 Å². The van der Waals surface area contributed by atoms with Crippen molar-refractivity contribution < 1.29 is 17.9 Å². The van der Waals surface area contributed by atoms with E-state index in [-0.39, 0.29) is 17.3 Å². The van der Waals surface area contributed by atoms with Gasteiger partial charge in [-0.2, -0.15) is 0 Å². The van der Waals surface area contributed by atoms with E-state index < -0.39 is 10.0 Å². The highest BCUT2D eigenvalue weighted by Gasteiger charge is 2.24. The lowest BCUT2D eigenvalue weighted by Crippen LogP contribution is -2.39. The van der Waals surface area contributed by atoms with E-state index in [0.29, 0.717) is 18.2 Å². The molecule has 0 saturated carbocycles. The standard InChI is InChI=1S/C13H22N2O4S/c1-10-13(6-12(9-16)19-10)20(17,18)14-7-11-4-3-5-15(2)8-11/h6,11,14,16H,3-5,7-9H2,1-2H3. The van der Waals surface area contributed by atoms with Crippen molar-refractivity contribution in [2.75, 3.05) is 26.7 Å². The van der Waals surface area contributed by atoms with E-state index in [1.807, 2.05) is 0 Å². The molecule has 1 aliphatic heterocycles. The van der Waals surface area contributed by atoms with Crippen LogP contribution in [0.5, 0.6) is 0 Å². The zero-order chi connectivity index (χ0) is 14.8. The molecular weight excluding hydrogens is 280 g/mol. The molecule has 0 amide bonds. The van der Waals surface area contributed by atoms with E-state index >= 15 is 0 Å². The van der Waals surface area contributed by atoms with Gasteiger partial charge in [-0.1, -0.05) is 0 Å². The summed E-state index contributed by atoms with van der Waals surface area (Å²) in [7, 11) is -1.52. The van der Waals surface area contributed by atoms with E-state index in [9.17, 15) is 8.42 Å². The van der Waals surface area contributed by atoms with Crippen LogP contribution in [0.2, 0.25) is 0 Å². The molecule has 1 fully saturated rings. The summed E-state index contributed by atoms with van der Waals surface area (Å²) in [4.78, 5) is 2.33. The minimum atomic E-state index is -3.57. The van der Waals surface area contributed by atoms with Crippen LogP contribution in [0, 0.1) is 12.8 Å². The molecule has 0 aromatic carbocycles. The highest BCUT2D eigenvalue weighted by molar-refractivity contribution is 7.89. The van der Waals surface area contributed by atoms with Gasteiger partial charge in [-0.3, -0.25) is 0 Å². The second-order valence-corrected chi connectivity index (χ2v) is 7.15. The Hall–Kier alpha value is -0.890. The lowest BCUT2D eigenvalue weighted by atomic mass is 9.99. The fraction of sp³-hybridized carbons (Fsp3) is 0.692. The van der Waals surface area contributed by atoms with Crippen molar-refractivity contribution in [3.05, 3.63) is 17.6 Å². The van der Waals surface area contributed by atoms with Crippen LogP contribution < -0.4 is 4.72 Å². The smallest absolute Gasteiger partial charge is 0.244 e. The molecule has 1 saturated heterocycles. The summed E-state index contributed by atoms with van der Waals surface area (Å²) in [6.07, 6.45) is 2.14. The number of likely N-dealkylation sites (tertiary alicyclic amines) is 1. The minimum absolute atomic E-state index is 0.116. The Bertz CT molecular complexity index is 553. The second kappa shape index (κ2) is 6.26. The first kappa shape index (κ1) is 15.5. The average Bonchev–Trinajstić information content (AvgIpc) is 2.79. The maximum Gasteiger partial charge on any atom is 0.244 e. The second-order valence-electron chi connectivity index (χ2n) is 5.41. The monoisotopic (exact) mass is 302 g/mol. The molecule has 0 aliphatic carbocycles. The van der Waals surface area contributed by atoms with Crippen LogP contribution in [0.4, 0.5) is 0 Å². The lowest BCUT2D eigenvalue weighted by Gasteiger charge is -2.29. The van der Waals surface area contributed by atoms with Crippen LogP contribution in [0.15, 0.2) is 15.4 Å². The molecule has 0 radical (unpaired) electrons. The van der Waals surface area contributed by atoms with Crippen molar-refractivity contribution in [1.29, 1.82) is 0 Å². The van der Waals surface area contributed by atoms with Crippen molar-refractivity contribution in [2.24, 2.45) is 5.92 Å². The molecule has 20 heavy (non-hydrogen) atoms. The number of furan rings is 1. The molecule has 7 heteroatoms. The SMILES string of the molecule is Cc1oc(CO)cc1S(=O)(=O)NCC1CCCN(C)C1. The van der Waals surface area contributed by atoms with E-state index in [1.165, 1.54) is 6.07 Å². The molecule has 1 aromatic heterocycles. The van der Waals surface area contributed by atoms with Crippen LogP contribution >= 0.6 is 0 Å². The van der Waals surface area contributed by atoms with Gasteiger partial charge in [-0.15, -0.1) is 0 Å². The number of hydrogen-bond donors (Lipinski definition) is 2. The maximum absolute atomic E-state index is 12.2. The third kappa shape index (κ3) is 3.60. The van der Waals surface area contributed by atoms with Gasteiger partial charge >= 0.3 is 0 Å². The van der Waals surface area contributed by atoms with Crippen LogP contribution in [0.25, 0.3) is 0 Å². The fourth-order valence-corrected chi connectivity index (χ4v) is 3.93. The Kier molecular flexibility index (Phi) is 4.85. The first-order valence-electron chi connectivity index (χ1n) is 6.80. The quantitative estimate of drug-likeness (QED) is 0.836. The molecular formula is C13H22N2O4S. The normalized spacial score (nSPS) is 21.2. The summed E-state index contributed by atoms with van der Waals surface area (Å²) in [6, 6.07) is 1.38. The molecule has 1 atom stereocenters. The number of aliphatic hydroxyl groups is 1. The molecule has 114 valence electrons. The van der Waals surface area contributed by atoms with Crippen LogP contribution in [-0.4, -0.2) is 45.1 Å². The first-order valence-corrected chi connectivity index (χ1v) is 8.29. The zero-order valence-electron chi connectivity index (χ0n) is 11.9. The fourth-order valence-electron chi connectivity index (χ4n) is 2.61. The number of nitrogens with one attached hydrogen (secondary N) is 1. The minimum Gasteiger partial charge on any atom is -0.462 e. The summed E-state index contributed by atoms with van der Waals surface area (Å²) in [5.74, 6) is 0.913. The summed E-state index contributed by atoms with van der Waals surface area (Å²) in [5.41, 5.74) is 0. The van der Waals surface area contributed by atoms with Crippen molar-refractivity contribution in [3.63, 3.8) is 0 Å². The third-order valence-corrected chi connectivity index (χ3v) is 5.18. The number of piperidine rings is 1. The van der Waals surface area contributed by atoms with E-state index in [1.54, 1.807) is 6.92 Å². The van der Waals surface area contributed by atoms with Crippen LogP contribution in [0.1, 0.15) is 24.4 Å². The topological polar surface area (TPSA) is 82.8 Å². The molecule has 0 spiro atoms. The van der Waals surface area contributed by atoms with Crippen LogP contribution in [-0.2, 0) is 16.6 Å². The Morgan fingerprint density at radius 2 is 2.30 bits per heavy atom. The first-order chi connectivity index (χ1) is 9.42. The van der Waals surface area contributed by atoms with Gasteiger partial charge in [0.25, 0.3) is 0 Å². The van der Waals surface area contributed by atoms with Crippen molar-refractivity contribution in [2.45, 2.75) is 31.3 Å².